The maximum absolute atomic E-state index is 6.28. The predicted molar refractivity (Wildman–Crippen MR) is 77.9 cm³/mol. The molecule has 4 heteroatoms. The lowest BCUT2D eigenvalue weighted by atomic mass is 10.0. The molecule has 0 saturated carbocycles. The molecule has 1 aromatic carbocycles. The highest BCUT2D eigenvalue weighted by atomic mass is 16.5. The van der Waals surface area contributed by atoms with Crippen LogP contribution in [-0.2, 0) is 11.2 Å². The van der Waals surface area contributed by atoms with Gasteiger partial charge in [0.1, 0.15) is 23.9 Å². The largest absolute Gasteiger partial charge is 0.491 e. The van der Waals surface area contributed by atoms with E-state index in [1.807, 2.05) is 36.4 Å². The highest BCUT2D eigenvalue weighted by molar-refractivity contribution is 5.39. The Bertz CT molecular complexity index is 536. The zero-order valence-electron chi connectivity index (χ0n) is 12.0. The molecule has 0 aliphatic carbocycles. The number of aryl methyl sites for hydroxylation is 1. The van der Waals surface area contributed by atoms with E-state index in [2.05, 4.69) is 6.92 Å². The molecule has 0 saturated heterocycles. The molecule has 1 heterocycles. The van der Waals surface area contributed by atoms with Crippen molar-refractivity contribution in [2.75, 3.05) is 20.3 Å². The predicted octanol–water partition coefficient (Wildman–Crippen LogP) is 2.92. The Morgan fingerprint density at radius 3 is 2.65 bits per heavy atom. The standard InChI is InChI=1S/C16H21NO3/c1-3-12-8-9-15(20-12)16(17)13-6-4-5-7-14(13)19-11-10-18-2/h4-9,16H,3,10-11,17H2,1-2H3. The molecule has 0 aliphatic heterocycles. The summed E-state index contributed by atoms with van der Waals surface area (Å²) in [6, 6.07) is 11.3. The van der Waals surface area contributed by atoms with Gasteiger partial charge >= 0.3 is 0 Å². The summed E-state index contributed by atoms with van der Waals surface area (Å²) in [4.78, 5) is 0. The Morgan fingerprint density at radius 1 is 1.15 bits per heavy atom. The zero-order chi connectivity index (χ0) is 14.4. The van der Waals surface area contributed by atoms with Gasteiger partial charge < -0.3 is 19.6 Å². The van der Waals surface area contributed by atoms with Gasteiger partial charge in [0, 0.05) is 19.1 Å². The summed E-state index contributed by atoms with van der Waals surface area (Å²) in [5, 5.41) is 0. The van der Waals surface area contributed by atoms with Crippen LogP contribution in [0, 0.1) is 0 Å². The van der Waals surface area contributed by atoms with Crippen molar-refractivity contribution in [3.63, 3.8) is 0 Å². The summed E-state index contributed by atoms with van der Waals surface area (Å²) in [6.45, 7) is 3.10. The highest BCUT2D eigenvalue weighted by Crippen LogP contribution is 2.29. The molecule has 0 radical (unpaired) electrons. The lowest BCUT2D eigenvalue weighted by molar-refractivity contribution is 0.145. The van der Waals surface area contributed by atoms with Crippen LogP contribution < -0.4 is 10.5 Å². The Morgan fingerprint density at radius 2 is 1.95 bits per heavy atom. The Balaban J connectivity index is 2.18. The number of rotatable bonds is 7. The molecule has 1 atom stereocenters. The van der Waals surface area contributed by atoms with Crippen molar-refractivity contribution >= 4 is 0 Å². The summed E-state index contributed by atoms with van der Waals surface area (Å²) < 4.78 is 16.4. The first-order chi connectivity index (χ1) is 9.76. The van der Waals surface area contributed by atoms with Crippen LogP contribution in [0.15, 0.2) is 40.8 Å². The number of ether oxygens (including phenoxy) is 2. The molecule has 1 aromatic heterocycles. The third-order valence-corrected chi connectivity index (χ3v) is 3.14. The molecule has 0 bridgehead atoms. The molecule has 0 aliphatic rings. The maximum atomic E-state index is 6.28. The molecule has 1 unspecified atom stereocenters. The third kappa shape index (κ3) is 3.40. The normalized spacial score (nSPS) is 12.3. The van der Waals surface area contributed by atoms with Crippen LogP contribution in [0.5, 0.6) is 5.75 Å². The van der Waals surface area contributed by atoms with E-state index in [0.29, 0.717) is 13.2 Å². The smallest absolute Gasteiger partial charge is 0.125 e. The van der Waals surface area contributed by atoms with E-state index < -0.39 is 0 Å². The summed E-state index contributed by atoms with van der Waals surface area (Å²) >= 11 is 0. The molecule has 0 fully saturated rings. The summed E-state index contributed by atoms with van der Waals surface area (Å²) in [7, 11) is 1.65. The van der Waals surface area contributed by atoms with E-state index in [-0.39, 0.29) is 6.04 Å². The minimum atomic E-state index is -0.325. The van der Waals surface area contributed by atoms with Gasteiger partial charge in [-0.25, -0.2) is 0 Å². The highest BCUT2D eigenvalue weighted by Gasteiger charge is 2.17. The molecule has 2 rings (SSSR count). The number of furan rings is 1. The van der Waals surface area contributed by atoms with Gasteiger partial charge in [-0.3, -0.25) is 0 Å². The van der Waals surface area contributed by atoms with Crippen molar-refractivity contribution in [3.8, 4) is 5.75 Å². The summed E-state index contributed by atoms with van der Waals surface area (Å²) in [5.74, 6) is 2.46. The lowest BCUT2D eigenvalue weighted by Gasteiger charge is -2.15. The number of benzene rings is 1. The second kappa shape index (κ2) is 7.12. The fraction of sp³-hybridized carbons (Fsp3) is 0.375. The Hall–Kier alpha value is -1.78. The lowest BCUT2D eigenvalue weighted by Crippen LogP contribution is -2.14. The second-order valence-electron chi connectivity index (χ2n) is 4.51. The van der Waals surface area contributed by atoms with Gasteiger partial charge in [0.15, 0.2) is 0 Å². The summed E-state index contributed by atoms with van der Waals surface area (Å²) in [5.41, 5.74) is 7.20. The van der Waals surface area contributed by atoms with Gasteiger partial charge in [0.05, 0.1) is 12.6 Å². The average Bonchev–Trinajstić information content (AvgIpc) is 2.96. The van der Waals surface area contributed by atoms with E-state index >= 15 is 0 Å². The number of hydrogen-bond acceptors (Lipinski definition) is 4. The molecule has 108 valence electrons. The first-order valence-corrected chi connectivity index (χ1v) is 6.81. The van der Waals surface area contributed by atoms with E-state index in [9.17, 15) is 0 Å². The van der Waals surface area contributed by atoms with E-state index in [0.717, 1.165) is 29.3 Å². The van der Waals surface area contributed by atoms with Crippen LogP contribution in [0.1, 0.15) is 30.0 Å². The average molecular weight is 275 g/mol. The van der Waals surface area contributed by atoms with E-state index in [1.54, 1.807) is 7.11 Å². The van der Waals surface area contributed by atoms with Gasteiger partial charge in [-0.1, -0.05) is 25.1 Å². The molecule has 20 heavy (non-hydrogen) atoms. The molecule has 4 nitrogen and oxygen atoms in total. The van der Waals surface area contributed by atoms with Crippen molar-refractivity contribution in [3.05, 3.63) is 53.5 Å². The SMILES string of the molecule is CCc1ccc(C(N)c2ccccc2OCCOC)o1. The monoisotopic (exact) mass is 275 g/mol. The molecule has 2 aromatic rings. The van der Waals surface area contributed by atoms with Crippen LogP contribution in [0.4, 0.5) is 0 Å². The van der Waals surface area contributed by atoms with Crippen LogP contribution in [0.3, 0.4) is 0 Å². The molecular weight excluding hydrogens is 254 g/mol. The van der Waals surface area contributed by atoms with Crippen molar-refractivity contribution in [2.45, 2.75) is 19.4 Å². The second-order valence-corrected chi connectivity index (χ2v) is 4.51. The fourth-order valence-corrected chi connectivity index (χ4v) is 2.01. The first-order valence-electron chi connectivity index (χ1n) is 6.81. The van der Waals surface area contributed by atoms with E-state index in [1.165, 1.54) is 0 Å². The van der Waals surface area contributed by atoms with Crippen molar-refractivity contribution in [1.29, 1.82) is 0 Å². The Labute approximate surface area is 119 Å². The molecule has 2 N–H and O–H groups in total. The molecule has 0 amide bonds. The van der Waals surface area contributed by atoms with Crippen LogP contribution in [-0.4, -0.2) is 20.3 Å². The Kier molecular flexibility index (Phi) is 5.21. The molecular formula is C16H21NO3. The van der Waals surface area contributed by atoms with Crippen LogP contribution >= 0.6 is 0 Å². The van der Waals surface area contributed by atoms with Gasteiger partial charge in [-0.2, -0.15) is 0 Å². The van der Waals surface area contributed by atoms with Crippen molar-refractivity contribution < 1.29 is 13.9 Å². The fourth-order valence-electron chi connectivity index (χ4n) is 2.01. The minimum Gasteiger partial charge on any atom is -0.491 e. The topological polar surface area (TPSA) is 57.6 Å². The van der Waals surface area contributed by atoms with Crippen molar-refractivity contribution in [1.82, 2.24) is 0 Å². The number of hydrogen-bond donors (Lipinski definition) is 1. The third-order valence-electron chi connectivity index (χ3n) is 3.14. The number of para-hydroxylation sites is 1. The first kappa shape index (κ1) is 14.6. The van der Waals surface area contributed by atoms with Crippen LogP contribution in [0.25, 0.3) is 0 Å². The number of methoxy groups -OCH3 is 1. The van der Waals surface area contributed by atoms with Gasteiger partial charge in [0.2, 0.25) is 0 Å². The van der Waals surface area contributed by atoms with Gasteiger partial charge in [-0.15, -0.1) is 0 Å². The van der Waals surface area contributed by atoms with E-state index in [4.69, 9.17) is 19.6 Å². The maximum Gasteiger partial charge on any atom is 0.125 e. The zero-order valence-corrected chi connectivity index (χ0v) is 12.0. The van der Waals surface area contributed by atoms with Crippen LogP contribution in [0.2, 0.25) is 0 Å². The number of nitrogens with two attached hydrogens (primary N) is 1. The molecule has 0 spiro atoms. The van der Waals surface area contributed by atoms with Gasteiger partial charge in [-0.05, 0) is 18.2 Å². The summed E-state index contributed by atoms with van der Waals surface area (Å²) in [6.07, 6.45) is 0.860. The van der Waals surface area contributed by atoms with Gasteiger partial charge in [0.25, 0.3) is 0 Å². The van der Waals surface area contributed by atoms with Crippen molar-refractivity contribution in [2.24, 2.45) is 5.73 Å². The quantitative estimate of drug-likeness (QED) is 0.789. The minimum absolute atomic E-state index is 0.325.